The summed E-state index contributed by atoms with van der Waals surface area (Å²) in [5, 5.41) is 3.32. The van der Waals surface area contributed by atoms with Crippen LogP contribution in [0.1, 0.15) is 12.8 Å². The number of ether oxygens (including phenoxy) is 1. The molecule has 0 saturated carbocycles. The lowest BCUT2D eigenvalue weighted by Crippen LogP contribution is -2.22. The predicted octanol–water partition coefficient (Wildman–Crippen LogP) is 3.09. The van der Waals surface area contributed by atoms with Gasteiger partial charge in [0.15, 0.2) is 0 Å². The molecule has 1 aromatic carbocycles. The molecule has 4 heteroatoms. The molecule has 0 aliphatic carbocycles. The van der Waals surface area contributed by atoms with Crippen LogP contribution in [0.25, 0.3) is 0 Å². The Kier molecular flexibility index (Phi) is 5.56. The van der Waals surface area contributed by atoms with Crippen LogP contribution < -0.4 is 5.32 Å². The zero-order valence-electron chi connectivity index (χ0n) is 9.12. The largest absolute Gasteiger partial charge is 0.385 e. The molecule has 1 heterocycles. The highest BCUT2D eigenvalue weighted by Gasteiger charge is 2.12. The molecule has 0 bridgehead atoms. The minimum absolute atomic E-state index is 0. The van der Waals surface area contributed by atoms with Crippen LogP contribution in [0.15, 0.2) is 24.3 Å². The van der Waals surface area contributed by atoms with E-state index in [0.29, 0.717) is 5.92 Å². The van der Waals surface area contributed by atoms with Gasteiger partial charge in [0.1, 0.15) is 5.82 Å². The zero-order valence-corrected chi connectivity index (χ0v) is 9.93. The summed E-state index contributed by atoms with van der Waals surface area (Å²) >= 11 is 0. The van der Waals surface area contributed by atoms with Crippen LogP contribution in [0.5, 0.6) is 0 Å². The lowest BCUT2D eigenvalue weighted by atomic mass is 10.0. The molecule has 0 atom stereocenters. The molecule has 1 aliphatic rings. The Hall–Kier alpha value is -0.800. The maximum absolute atomic E-state index is 12.6. The summed E-state index contributed by atoms with van der Waals surface area (Å²) in [6, 6.07) is 6.50. The van der Waals surface area contributed by atoms with Crippen molar-refractivity contribution in [2.75, 3.05) is 25.1 Å². The topological polar surface area (TPSA) is 21.3 Å². The van der Waals surface area contributed by atoms with Gasteiger partial charge in [-0.05, 0) is 43.0 Å². The first-order chi connectivity index (χ1) is 7.34. The molecule has 1 aromatic rings. The number of rotatable bonds is 3. The Bertz CT molecular complexity index is 298. The van der Waals surface area contributed by atoms with Gasteiger partial charge in [-0.25, -0.2) is 4.39 Å². The number of nitrogens with one attached hydrogen (secondary N) is 1. The quantitative estimate of drug-likeness (QED) is 0.884. The van der Waals surface area contributed by atoms with Crippen LogP contribution in [0.3, 0.4) is 0 Å². The predicted molar refractivity (Wildman–Crippen MR) is 65.7 cm³/mol. The molecule has 0 aromatic heterocycles. The Morgan fingerprint density at radius 1 is 1.19 bits per heavy atom. The molecule has 2 rings (SSSR count). The molecule has 1 aliphatic heterocycles. The molecule has 16 heavy (non-hydrogen) atoms. The van der Waals surface area contributed by atoms with Crippen LogP contribution in [0.2, 0.25) is 0 Å². The van der Waals surface area contributed by atoms with Crippen LogP contribution in [-0.4, -0.2) is 19.8 Å². The van der Waals surface area contributed by atoms with Crippen molar-refractivity contribution in [1.82, 2.24) is 0 Å². The first kappa shape index (κ1) is 13.3. The number of hydrogen-bond donors (Lipinski definition) is 1. The van der Waals surface area contributed by atoms with E-state index < -0.39 is 0 Å². The molecule has 1 N–H and O–H groups in total. The SMILES string of the molecule is Cl.Fc1ccc(NCC2CCOCC2)cc1. The number of benzene rings is 1. The summed E-state index contributed by atoms with van der Waals surface area (Å²) in [5.74, 6) is 0.496. The lowest BCUT2D eigenvalue weighted by Gasteiger charge is -2.22. The van der Waals surface area contributed by atoms with Crippen LogP contribution >= 0.6 is 12.4 Å². The van der Waals surface area contributed by atoms with Crippen molar-refractivity contribution >= 4 is 18.1 Å². The maximum atomic E-state index is 12.6. The summed E-state index contributed by atoms with van der Waals surface area (Å²) in [4.78, 5) is 0. The van der Waals surface area contributed by atoms with Crippen molar-refractivity contribution in [3.05, 3.63) is 30.1 Å². The summed E-state index contributed by atoms with van der Waals surface area (Å²) in [6.07, 6.45) is 2.24. The van der Waals surface area contributed by atoms with E-state index in [9.17, 15) is 4.39 Å². The fourth-order valence-electron chi connectivity index (χ4n) is 1.78. The van der Waals surface area contributed by atoms with Crippen molar-refractivity contribution in [3.8, 4) is 0 Å². The molecule has 0 amide bonds. The van der Waals surface area contributed by atoms with Gasteiger partial charge >= 0.3 is 0 Å². The van der Waals surface area contributed by atoms with Gasteiger partial charge in [-0.15, -0.1) is 12.4 Å². The van der Waals surface area contributed by atoms with Crippen molar-refractivity contribution in [2.24, 2.45) is 5.92 Å². The number of anilines is 1. The molecule has 1 fully saturated rings. The van der Waals surface area contributed by atoms with E-state index in [2.05, 4.69) is 5.32 Å². The Labute approximate surface area is 102 Å². The normalized spacial score (nSPS) is 16.6. The Morgan fingerprint density at radius 2 is 1.81 bits per heavy atom. The standard InChI is InChI=1S/C12H16FNO.ClH/c13-11-1-3-12(4-2-11)14-9-10-5-7-15-8-6-10;/h1-4,10,14H,5-9H2;1H. The second kappa shape index (κ2) is 6.71. The summed E-state index contributed by atoms with van der Waals surface area (Å²) in [7, 11) is 0. The molecule has 2 nitrogen and oxygen atoms in total. The van der Waals surface area contributed by atoms with Gasteiger partial charge in [-0.3, -0.25) is 0 Å². The third kappa shape index (κ3) is 3.99. The van der Waals surface area contributed by atoms with Gasteiger partial charge in [0, 0.05) is 25.4 Å². The first-order valence-electron chi connectivity index (χ1n) is 5.42. The molecule has 0 unspecified atom stereocenters. The van der Waals surface area contributed by atoms with E-state index in [1.807, 2.05) is 0 Å². The minimum atomic E-state index is -0.188. The third-order valence-electron chi connectivity index (χ3n) is 2.78. The van der Waals surface area contributed by atoms with E-state index in [0.717, 1.165) is 38.3 Å². The second-order valence-electron chi connectivity index (χ2n) is 3.94. The second-order valence-corrected chi connectivity index (χ2v) is 3.94. The number of hydrogen-bond acceptors (Lipinski definition) is 2. The van der Waals surface area contributed by atoms with E-state index in [4.69, 9.17) is 4.74 Å². The average molecular weight is 246 g/mol. The van der Waals surface area contributed by atoms with E-state index >= 15 is 0 Å². The van der Waals surface area contributed by atoms with Crippen molar-refractivity contribution in [2.45, 2.75) is 12.8 Å². The lowest BCUT2D eigenvalue weighted by molar-refractivity contribution is 0.0699. The Morgan fingerprint density at radius 3 is 2.44 bits per heavy atom. The fourth-order valence-corrected chi connectivity index (χ4v) is 1.78. The molecular weight excluding hydrogens is 229 g/mol. The van der Waals surface area contributed by atoms with Crippen LogP contribution in [-0.2, 0) is 4.74 Å². The first-order valence-corrected chi connectivity index (χ1v) is 5.42. The van der Waals surface area contributed by atoms with Gasteiger partial charge in [-0.2, -0.15) is 0 Å². The highest BCUT2D eigenvalue weighted by molar-refractivity contribution is 5.85. The van der Waals surface area contributed by atoms with E-state index in [-0.39, 0.29) is 18.2 Å². The van der Waals surface area contributed by atoms with Crippen molar-refractivity contribution < 1.29 is 9.13 Å². The molecule has 0 spiro atoms. The minimum Gasteiger partial charge on any atom is -0.385 e. The van der Waals surface area contributed by atoms with Crippen LogP contribution in [0, 0.1) is 11.7 Å². The highest BCUT2D eigenvalue weighted by atomic mass is 35.5. The van der Waals surface area contributed by atoms with Gasteiger partial charge in [-0.1, -0.05) is 0 Å². The van der Waals surface area contributed by atoms with Gasteiger partial charge < -0.3 is 10.1 Å². The average Bonchev–Trinajstić information content (AvgIpc) is 2.30. The summed E-state index contributed by atoms with van der Waals surface area (Å²) in [6.45, 7) is 2.69. The zero-order chi connectivity index (χ0) is 10.5. The molecule has 1 saturated heterocycles. The molecule has 0 radical (unpaired) electrons. The fraction of sp³-hybridized carbons (Fsp3) is 0.500. The highest BCUT2D eigenvalue weighted by Crippen LogP contribution is 2.16. The summed E-state index contributed by atoms with van der Waals surface area (Å²) in [5.41, 5.74) is 0.989. The van der Waals surface area contributed by atoms with E-state index in [1.165, 1.54) is 12.1 Å². The summed E-state index contributed by atoms with van der Waals surface area (Å²) < 4.78 is 17.9. The smallest absolute Gasteiger partial charge is 0.123 e. The van der Waals surface area contributed by atoms with Crippen molar-refractivity contribution in [3.63, 3.8) is 0 Å². The molecule has 90 valence electrons. The van der Waals surface area contributed by atoms with Crippen molar-refractivity contribution in [1.29, 1.82) is 0 Å². The van der Waals surface area contributed by atoms with E-state index in [1.54, 1.807) is 12.1 Å². The Balaban J connectivity index is 0.00000128. The monoisotopic (exact) mass is 245 g/mol. The van der Waals surface area contributed by atoms with Gasteiger partial charge in [0.25, 0.3) is 0 Å². The maximum Gasteiger partial charge on any atom is 0.123 e. The molecular formula is C12H17ClFNO. The number of halogens is 2. The van der Waals surface area contributed by atoms with Crippen LogP contribution in [0.4, 0.5) is 10.1 Å². The van der Waals surface area contributed by atoms with Gasteiger partial charge in [0.2, 0.25) is 0 Å². The third-order valence-corrected chi connectivity index (χ3v) is 2.78. The van der Waals surface area contributed by atoms with Gasteiger partial charge in [0.05, 0.1) is 0 Å².